The van der Waals surface area contributed by atoms with Gasteiger partial charge in [0.2, 0.25) is 5.75 Å². The van der Waals surface area contributed by atoms with Gasteiger partial charge in [0.25, 0.3) is 5.91 Å². The standard InChI is InChI=1S/C29H28ClN3O8/c1-13-20(29(37)41-5)22-21-15(10-30)11-33(25(21)17(12-34)26(36)24(22)31-13)19(35)7-6-16-8-14-9-18(38-2)27(39-3)28(40-4)23(14)32-16/h6-9,12,15,31-32,36H,10-11H2,1-5H3/b7-6+/t15-/m1/s1. The zero-order valence-corrected chi connectivity index (χ0v) is 23.8. The maximum atomic E-state index is 13.6. The van der Waals surface area contributed by atoms with E-state index in [4.69, 9.17) is 30.5 Å². The van der Waals surface area contributed by atoms with Crippen LogP contribution in [-0.4, -0.2) is 74.1 Å². The lowest BCUT2D eigenvalue weighted by molar-refractivity contribution is -0.114. The number of aldehydes is 1. The number of aromatic nitrogens is 2. The number of fused-ring (bicyclic) bond motifs is 4. The molecule has 3 N–H and O–H groups in total. The number of anilines is 1. The number of nitrogens with one attached hydrogen (secondary N) is 2. The fourth-order valence-corrected chi connectivity index (χ4v) is 5.83. The van der Waals surface area contributed by atoms with Crippen molar-refractivity contribution in [3.8, 4) is 23.0 Å². The van der Waals surface area contributed by atoms with E-state index < -0.39 is 17.8 Å². The van der Waals surface area contributed by atoms with Crippen molar-refractivity contribution in [2.75, 3.05) is 45.8 Å². The molecule has 0 aliphatic carbocycles. The van der Waals surface area contributed by atoms with Crippen LogP contribution in [0.5, 0.6) is 23.0 Å². The zero-order chi connectivity index (χ0) is 29.6. The normalized spacial score (nSPS) is 14.6. The van der Waals surface area contributed by atoms with Crippen LogP contribution >= 0.6 is 11.6 Å². The summed E-state index contributed by atoms with van der Waals surface area (Å²) in [5.41, 5.74) is 2.78. The number of esters is 1. The molecule has 2 aromatic carbocycles. The van der Waals surface area contributed by atoms with E-state index in [0.717, 1.165) is 5.39 Å². The molecule has 4 aromatic rings. The first-order valence-corrected chi connectivity index (χ1v) is 13.1. The van der Waals surface area contributed by atoms with E-state index in [9.17, 15) is 19.5 Å². The summed E-state index contributed by atoms with van der Waals surface area (Å²) in [5.74, 6) is -0.378. The molecule has 0 unspecified atom stereocenters. The van der Waals surface area contributed by atoms with E-state index in [-0.39, 0.29) is 40.5 Å². The molecule has 0 bridgehead atoms. The lowest BCUT2D eigenvalue weighted by atomic mass is 9.93. The molecule has 0 spiro atoms. The largest absolute Gasteiger partial charge is 0.505 e. The molecule has 214 valence electrons. The molecule has 0 saturated heterocycles. The van der Waals surface area contributed by atoms with Crippen LogP contribution in [0.25, 0.3) is 27.9 Å². The van der Waals surface area contributed by atoms with Crippen molar-refractivity contribution in [1.29, 1.82) is 0 Å². The van der Waals surface area contributed by atoms with E-state index in [0.29, 0.717) is 51.4 Å². The zero-order valence-electron chi connectivity index (χ0n) is 23.0. The molecule has 1 amide bonds. The van der Waals surface area contributed by atoms with Crippen LogP contribution in [0, 0.1) is 6.92 Å². The molecule has 11 nitrogen and oxygen atoms in total. The van der Waals surface area contributed by atoms with Crippen LogP contribution in [0.2, 0.25) is 0 Å². The molecule has 0 radical (unpaired) electrons. The van der Waals surface area contributed by atoms with Gasteiger partial charge in [0, 0.05) is 46.6 Å². The quantitative estimate of drug-likeness (QED) is 0.118. The van der Waals surface area contributed by atoms with Gasteiger partial charge >= 0.3 is 5.97 Å². The van der Waals surface area contributed by atoms with Crippen molar-refractivity contribution in [2.45, 2.75) is 12.8 Å². The molecule has 1 atom stereocenters. The van der Waals surface area contributed by atoms with Crippen LogP contribution < -0.4 is 19.1 Å². The van der Waals surface area contributed by atoms with Gasteiger partial charge < -0.3 is 38.9 Å². The number of rotatable bonds is 8. The third-order valence-corrected chi connectivity index (χ3v) is 7.72. The summed E-state index contributed by atoms with van der Waals surface area (Å²) in [6.45, 7) is 1.80. The van der Waals surface area contributed by atoms with E-state index in [1.165, 1.54) is 39.4 Å². The predicted octanol–water partition coefficient (Wildman–Crippen LogP) is 4.67. The Morgan fingerprint density at radius 1 is 1.10 bits per heavy atom. The minimum atomic E-state index is -0.616. The minimum absolute atomic E-state index is 0.0749. The van der Waals surface area contributed by atoms with Crippen LogP contribution in [-0.2, 0) is 9.53 Å². The number of aryl methyl sites for hydroxylation is 1. The SMILES string of the molecule is COC(=O)c1c(C)[nH]c2c(O)c(C=O)c3c(c12)[C@H](CCl)CN3C(=O)/C=C/c1cc2cc(OC)c(OC)c(OC)c2[nH]1. The number of aromatic hydroxyl groups is 1. The van der Waals surface area contributed by atoms with E-state index in [1.807, 2.05) is 6.07 Å². The molecule has 41 heavy (non-hydrogen) atoms. The second-order valence-electron chi connectivity index (χ2n) is 9.48. The Bertz CT molecular complexity index is 1750. The topological polar surface area (TPSA) is 143 Å². The molecule has 1 aliphatic heterocycles. The molecule has 1 aliphatic rings. The summed E-state index contributed by atoms with van der Waals surface area (Å²) in [7, 11) is 5.81. The highest BCUT2D eigenvalue weighted by molar-refractivity contribution is 6.21. The lowest BCUT2D eigenvalue weighted by Gasteiger charge is -2.18. The van der Waals surface area contributed by atoms with Gasteiger partial charge in [-0.15, -0.1) is 11.6 Å². The van der Waals surface area contributed by atoms with Crippen LogP contribution in [0.1, 0.15) is 43.6 Å². The fraction of sp³-hybridized carbons (Fsp3) is 0.276. The van der Waals surface area contributed by atoms with E-state index in [1.54, 1.807) is 19.1 Å². The monoisotopic (exact) mass is 581 g/mol. The molecule has 3 heterocycles. The Hall–Kier alpha value is -4.64. The second-order valence-corrected chi connectivity index (χ2v) is 9.79. The summed E-state index contributed by atoms with van der Waals surface area (Å²) in [6, 6.07) is 3.61. The number of hydrogen-bond acceptors (Lipinski definition) is 8. The molecule has 0 fully saturated rings. The summed E-state index contributed by atoms with van der Waals surface area (Å²) in [4.78, 5) is 46.1. The van der Waals surface area contributed by atoms with Gasteiger partial charge in [0.1, 0.15) is 0 Å². The Labute approximate surface area is 239 Å². The number of nitrogens with zero attached hydrogens (tertiary/aromatic N) is 1. The van der Waals surface area contributed by atoms with Gasteiger partial charge in [0.15, 0.2) is 23.5 Å². The smallest absolute Gasteiger partial charge is 0.340 e. The minimum Gasteiger partial charge on any atom is -0.505 e. The number of phenolic OH excluding ortho intramolecular Hbond substituents is 1. The third kappa shape index (κ3) is 4.24. The number of amides is 1. The number of phenols is 1. The molecule has 2 aromatic heterocycles. The van der Waals surface area contributed by atoms with Gasteiger partial charge in [-0.2, -0.15) is 0 Å². The van der Waals surface area contributed by atoms with Gasteiger partial charge in [-0.25, -0.2) is 4.79 Å². The molecule has 0 saturated carbocycles. The van der Waals surface area contributed by atoms with Crippen LogP contribution in [0.4, 0.5) is 5.69 Å². The van der Waals surface area contributed by atoms with E-state index >= 15 is 0 Å². The highest BCUT2D eigenvalue weighted by Crippen LogP contribution is 2.50. The van der Waals surface area contributed by atoms with Crippen molar-refractivity contribution in [1.82, 2.24) is 9.97 Å². The lowest BCUT2D eigenvalue weighted by Crippen LogP contribution is -2.29. The second kappa shape index (κ2) is 10.7. The predicted molar refractivity (Wildman–Crippen MR) is 154 cm³/mol. The number of hydrogen-bond donors (Lipinski definition) is 3. The Kier molecular flexibility index (Phi) is 7.31. The van der Waals surface area contributed by atoms with Gasteiger partial charge in [-0.05, 0) is 30.7 Å². The Morgan fingerprint density at radius 3 is 2.44 bits per heavy atom. The number of halogens is 1. The van der Waals surface area contributed by atoms with Crippen LogP contribution in [0.3, 0.4) is 0 Å². The maximum absolute atomic E-state index is 13.6. The van der Waals surface area contributed by atoms with Gasteiger partial charge in [-0.1, -0.05) is 0 Å². The Morgan fingerprint density at radius 2 is 1.83 bits per heavy atom. The van der Waals surface area contributed by atoms with Crippen molar-refractivity contribution in [2.24, 2.45) is 0 Å². The summed E-state index contributed by atoms with van der Waals surface area (Å²) < 4.78 is 21.4. The fourth-order valence-electron chi connectivity index (χ4n) is 5.58. The molecule has 12 heteroatoms. The average molecular weight is 582 g/mol. The van der Waals surface area contributed by atoms with Crippen molar-refractivity contribution < 1.29 is 38.4 Å². The first-order chi connectivity index (χ1) is 19.7. The van der Waals surface area contributed by atoms with Gasteiger partial charge in [-0.3, -0.25) is 9.59 Å². The third-order valence-electron chi connectivity index (χ3n) is 7.35. The number of carbonyl (C=O) groups excluding carboxylic acids is 3. The summed E-state index contributed by atoms with van der Waals surface area (Å²) in [5, 5.41) is 12.2. The highest BCUT2D eigenvalue weighted by Gasteiger charge is 2.39. The van der Waals surface area contributed by atoms with Crippen molar-refractivity contribution in [3.05, 3.63) is 46.3 Å². The molecular weight excluding hydrogens is 554 g/mol. The maximum Gasteiger partial charge on any atom is 0.340 e. The highest BCUT2D eigenvalue weighted by atomic mass is 35.5. The number of alkyl halides is 1. The number of carbonyl (C=O) groups is 3. The average Bonchev–Trinajstić information content (AvgIpc) is 3.67. The van der Waals surface area contributed by atoms with Crippen molar-refractivity contribution in [3.63, 3.8) is 0 Å². The number of aromatic amines is 2. The Balaban J connectivity index is 1.61. The first-order valence-electron chi connectivity index (χ1n) is 12.6. The number of benzene rings is 2. The van der Waals surface area contributed by atoms with E-state index in [2.05, 4.69) is 9.97 Å². The first kappa shape index (κ1) is 27.9. The summed E-state index contributed by atoms with van der Waals surface area (Å²) in [6.07, 6.45) is 3.44. The summed E-state index contributed by atoms with van der Waals surface area (Å²) >= 11 is 6.34. The van der Waals surface area contributed by atoms with Crippen LogP contribution in [0.15, 0.2) is 18.2 Å². The molecular formula is C29H28ClN3O8. The molecule has 5 rings (SSSR count). The number of H-pyrrole nitrogens is 2. The number of ether oxygens (including phenoxy) is 4. The van der Waals surface area contributed by atoms with Crippen molar-refractivity contribution >= 4 is 63.3 Å². The van der Waals surface area contributed by atoms with Gasteiger partial charge in [0.05, 0.1) is 56.3 Å². The number of methoxy groups -OCH3 is 4.